The van der Waals surface area contributed by atoms with Gasteiger partial charge in [-0.15, -0.1) is 0 Å². The molecule has 2 aromatic rings. The molecular weight excluding hydrogens is 267 g/mol. The molecule has 100 valence electrons. The second-order valence-corrected chi connectivity index (χ2v) is 5.84. The summed E-state index contributed by atoms with van der Waals surface area (Å²) in [6.07, 6.45) is 3.18. The van der Waals surface area contributed by atoms with E-state index in [1.165, 1.54) is 18.2 Å². The summed E-state index contributed by atoms with van der Waals surface area (Å²) in [6, 6.07) is 9.31. The summed E-state index contributed by atoms with van der Waals surface area (Å²) in [7, 11) is -3.57. The van der Waals surface area contributed by atoms with Gasteiger partial charge in [0.2, 0.25) is 10.0 Å². The van der Waals surface area contributed by atoms with E-state index in [1.54, 1.807) is 30.6 Å². The molecule has 0 saturated carbocycles. The predicted octanol–water partition coefficient (Wildman–Crippen LogP) is 1.84. The third-order valence-electron chi connectivity index (χ3n) is 2.52. The Morgan fingerprint density at radius 2 is 1.95 bits per heavy atom. The van der Waals surface area contributed by atoms with Gasteiger partial charge in [-0.3, -0.25) is 4.98 Å². The topological polar surface area (TPSA) is 59.1 Å². The van der Waals surface area contributed by atoms with Crippen molar-refractivity contribution in [1.29, 1.82) is 0 Å². The van der Waals surface area contributed by atoms with Crippen LogP contribution in [0.3, 0.4) is 0 Å². The Bertz CT molecular complexity index is 645. The largest absolute Gasteiger partial charge is 0.264 e. The molecular formula is C13H13FN2O2S. The van der Waals surface area contributed by atoms with Crippen LogP contribution >= 0.6 is 0 Å². The van der Waals surface area contributed by atoms with Crippen LogP contribution in [0, 0.1) is 5.82 Å². The first-order valence-electron chi connectivity index (χ1n) is 5.66. The van der Waals surface area contributed by atoms with Gasteiger partial charge in [0.15, 0.2) is 0 Å². The van der Waals surface area contributed by atoms with E-state index in [-0.39, 0.29) is 17.9 Å². The molecule has 0 atom stereocenters. The Morgan fingerprint density at radius 1 is 1.16 bits per heavy atom. The molecule has 0 amide bonds. The van der Waals surface area contributed by atoms with Crippen molar-refractivity contribution in [2.75, 3.05) is 0 Å². The third kappa shape index (κ3) is 4.11. The van der Waals surface area contributed by atoms with Crippen molar-refractivity contribution < 1.29 is 12.8 Å². The predicted molar refractivity (Wildman–Crippen MR) is 70.1 cm³/mol. The van der Waals surface area contributed by atoms with Gasteiger partial charge < -0.3 is 0 Å². The molecule has 1 aromatic carbocycles. The van der Waals surface area contributed by atoms with Crippen molar-refractivity contribution in [3.8, 4) is 0 Å². The van der Waals surface area contributed by atoms with Gasteiger partial charge in [-0.25, -0.2) is 17.5 Å². The van der Waals surface area contributed by atoms with Crippen molar-refractivity contribution >= 4 is 10.0 Å². The van der Waals surface area contributed by atoms with Crippen LogP contribution in [0.2, 0.25) is 0 Å². The van der Waals surface area contributed by atoms with Gasteiger partial charge in [-0.1, -0.05) is 24.3 Å². The van der Waals surface area contributed by atoms with Gasteiger partial charge in [-0.05, 0) is 17.7 Å². The van der Waals surface area contributed by atoms with Crippen LogP contribution in [0.1, 0.15) is 11.1 Å². The molecule has 2 rings (SSSR count). The minimum Gasteiger partial charge on any atom is -0.264 e. The van der Waals surface area contributed by atoms with E-state index < -0.39 is 15.8 Å². The molecule has 0 saturated heterocycles. The number of hydrogen-bond acceptors (Lipinski definition) is 3. The smallest absolute Gasteiger partial charge is 0.216 e. The second-order valence-electron chi connectivity index (χ2n) is 4.03. The number of aromatic nitrogens is 1. The average Bonchev–Trinajstić information content (AvgIpc) is 2.40. The van der Waals surface area contributed by atoms with E-state index in [9.17, 15) is 12.8 Å². The summed E-state index contributed by atoms with van der Waals surface area (Å²) in [5.41, 5.74) is 0.904. The monoisotopic (exact) mass is 280 g/mol. The van der Waals surface area contributed by atoms with E-state index in [0.717, 1.165) is 5.56 Å². The number of benzene rings is 1. The van der Waals surface area contributed by atoms with Gasteiger partial charge >= 0.3 is 0 Å². The van der Waals surface area contributed by atoms with Crippen LogP contribution < -0.4 is 4.72 Å². The van der Waals surface area contributed by atoms with Crippen LogP contribution in [0.25, 0.3) is 0 Å². The summed E-state index contributed by atoms with van der Waals surface area (Å²) in [5, 5.41) is 0. The quantitative estimate of drug-likeness (QED) is 0.909. The summed E-state index contributed by atoms with van der Waals surface area (Å²) in [6.45, 7) is 0.143. The number of hydrogen-bond donors (Lipinski definition) is 1. The fourth-order valence-corrected chi connectivity index (χ4v) is 2.70. The fourth-order valence-electron chi connectivity index (χ4n) is 1.57. The van der Waals surface area contributed by atoms with Gasteiger partial charge in [0.25, 0.3) is 0 Å². The minimum atomic E-state index is -3.57. The molecule has 6 heteroatoms. The maximum Gasteiger partial charge on any atom is 0.216 e. The Morgan fingerprint density at radius 3 is 2.63 bits per heavy atom. The first-order chi connectivity index (χ1) is 9.07. The lowest BCUT2D eigenvalue weighted by Gasteiger charge is -2.07. The van der Waals surface area contributed by atoms with E-state index >= 15 is 0 Å². The number of rotatable bonds is 5. The fraction of sp³-hybridized carbons (Fsp3) is 0.154. The van der Waals surface area contributed by atoms with Crippen LogP contribution in [-0.2, 0) is 22.3 Å². The molecule has 0 bridgehead atoms. The molecule has 19 heavy (non-hydrogen) atoms. The van der Waals surface area contributed by atoms with Crippen LogP contribution in [0.4, 0.5) is 4.39 Å². The molecule has 1 heterocycles. The minimum absolute atomic E-state index is 0.143. The van der Waals surface area contributed by atoms with Gasteiger partial charge in [-0.2, -0.15) is 0 Å². The Hall–Kier alpha value is -1.79. The van der Waals surface area contributed by atoms with Crippen molar-refractivity contribution in [3.63, 3.8) is 0 Å². The van der Waals surface area contributed by atoms with Crippen molar-refractivity contribution in [3.05, 3.63) is 65.7 Å². The molecule has 0 aliphatic carbocycles. The van der Waals surface area contributed by atoms with Crippen molar-refractivity contribution in [1.82, 2.24) is 9.71 Å². The van der Waals surface area contributed by atoms with Crippen LogP contribution in [0.15, 0.2) is 48.8 Å². The molecule has 0 aliphatic rings. The van der Waals surface area contributed by atoms with Gasteiger partial charge in [0.1, 0.15) is 5.82 Å². The third-order valence-corrected chi connectivity index (χ3v) is 3.80. The van der Waals surface area contributed by atoms with Crippen LogP contribution in [-0.4, -0.2) is 13.4 Å². The van der Waals surface area contributed by atoms with E-state index in [1.807, 2.05) is 0 Å². The Labute approximate surface area is 111 Å². The molecule has 4 nitrogen and oxygen atoms in total. The maximum atomic E-state index is 13.4. The van der Waals surface area contributed by atoms with Crippen molar-refractivity contribution in [2.24, 2.45) is 0 Å². The average molecular weight is 280 g/mol. The van der Waals surface area contributed by atoms with E-state index in [4.69, 9.17) is 0 Å². The number of pyridine rings is 1. The van der Waals surface area contributed by atoms with Gasteiger partial charge in [0.05, 0.1) is 5.75 Å². The van der Waals surface area contributed by atoms with Crippen molar-refractivity contribution in [2.45, 2.75) is 12.3 Å². The van der Waals surface area contributed by atoms with Crippen LogP contribution in [0.5, 0.6) is 0 Å². The molecule has 1 N–H and O–H groups in total. The van der Waals surface area contributed by atoms with Gasteiger partial charge in [0, 0.05) is 24.5 Å². The SMILES string of the molecule is O=S(=O)(Cc1ccccc1F)NCc1cccnc1. The number of nitrogens with one attached hydrogen (secondary N) is 1. The zero-order valence-electron chi connectivity index (χ0n) is 10.1. The maximum absolute atomic E-state index is 13.4. The normalized spacial score (nSPS) is 11.4. The number of nitrogens with zero attached hydrogens (tertiary/aromatic N) is 1. The standard InChI is InChI=1S/C13H13FN2O2S/c14-13-6-2-1-5-12(13)10-19(17,18)16-9-11-4-3-7-15-8-11/h1-8,16H,9-10H2. The first kappa shape index (κ1) is 13.6. The highest BCUT2D eigenvalue weighted by Gasteiger charge is 2.13. The molecule has 0 aliphatic heterocycles. The summed E-state index contributed by atoms with van der Waals surface area (Å²) < 4.78 is 39.5. The zero-order chi connectivity index (χ0) is 13.7. The lowest BCUT2D eigenvalue weighted by Crippen LogP contribution is -2.25. The summed E-state index contributed by atoms with van der Waals surface area (Å²) in [5.74, 6) is -0.894. The van der Waals surface area contributed by atoms with E-state index in [0.29, 0.717) is 0 Å². The second kappa shape index (κ2) is 5.90. The zero-order valence-corrected chi connectivity index (χ0v) is 10.9. The molecule has 0 spiro atoms. The number of halogens is 1. The first-order valence-corrected chi connectivity index (χ1v) is 7.32. The summed E-state index contributed by atoms with van der Waals surface area (Å²) in [4.78, 5) is 3.89. The molecule has 1 aromatic heterocycles. The summed E-state index contributed by atoms with van der Waals surface area (Å²) >= 11 is 0. The highest BCUT2D eigenvalue weighted by molar-refractivity contribution is 7.88. The lowest BCUT2D eigenvalue weighted by atomic mass is 10.2. The highest BCUT2D eigenvalue weighted by atomic mass is 32.2. The lowest BCUT2D eigenvalue weighted by molar-refractivity contribution is 0.574. The van der Waals surface area contributed by atoms with E-state index in [2.05, 4.69) is 9.71 Å². The Balaban J connectivity index is 2.02. The molecule has 0 radical (unpaired) electrons. The number of sulfonamides is 1. The molecule has 0 fully saturated rings. The molecule has 0 unspecified atom stereocenters. The Kier molecular flexibility index (Phi) is 4.24. The highest BCUT2D eigenvalue weighted by Crippen LogP contribution is 2.10.